The van der Waals surface area contributed by atoms with Crippen LogP contribution >= 0.6 is 11.3 Å². The van der Waals surface area contributed by atoms with Crippen molar-refractivity contribution in [1.82, 2.24) is 4.57 Å². The average molecular weight is 463 g/mol. The van der Waals surface area contributed by atoms with Crippen LogP contribution in [0.1, 0.15) is 36.6 Å². The van der Waals surface area contributed by atoms with E-state index in [-0.39, 0.29) is 19.0 Å². The minimum Gasteiger partial charge on any atom is -0.463 e. The normalized spacial score (nSPS) is 17.1. The number of allylic oxidation sites excluding steroid dienone is 1. The number of hydrogen-bond acceptors (Lipinski definition) is 7. The number of carbonyl (C=O) groups is 1. The molecule has 1 aromatic heterocycles. The number of nitrogens with zero attached hydrogens (tertiary/aromatic N) is 2. The molecule has 0 spiro atoms. The van der Waals surface area contributed by atoms with Gasteiger partial charge in [0, 0.05) is 0 Å². The number of benzene rings is 2. The fourth-order valence-corrected chi connectivity index (χ4v) is 5.06. The van der Waals surface area contributed by atoms with Gasteiger partial charge in [-0.25, -0.2) is 9.79 Å². The molecule has 33 heavy (non-hydrogen) atoms. The van der Waals surface area contributed by atoms with Crippen molar-refractivity contribution in [3.8, 4) is 11.5 Å². The molecule has 2 aliphatic rings. The molecule has 0 N–H and O–H groups in total. The lowest BCUT2D eigenvalue weighted by Gasteiger charge is -2.24. The van der Waals surface area contributed by atoms with Crippen molar-refractivity contribution in [3.63, 3.8) is 0 Å². The smallest absolute Gasteiger partial charge is 0.338 e. The van der Waals surface area contributed by atoms with Crippen LogP contribution in [0, 0.1) is 6.92 Å². The van der Waals surface area contributed by atoms with E-state index in [1.54, 1.807) is 24.5 Å². The first kappa shape index (κ1) is 21.2. The van der Waals surface area contributed by atoms with E-state index in [0.717, 1.165) is 16.7 Å². The van der Waals surface area contributed by atoms with Gasteiger partial charge >= 0.3 is 5.97 Å². The molecule has 3 aromatic rings. The van der Waals surface area contributed by atoms with Gasteiger partial charge in [-0.15, -0.1) is 0 Å². The number of hydrogen-bond donors (Lipinski definition) is 0. The molecule has 1 atom stereocenters. The van der Waals surface area contributed by atoms with Gasteiger partial charge in [0.25, 0.3) is 5.56 Å². The average Bonchev–Trinajstić information content (AvgIpc) is 3.37. The summed E-state index contributed by atoms with van der Waals surface area (Å²) in [4.78, 5) is 31.6. The molecule has 8 heteroatoms. The van der Waals surface area contributed by atoms with Crippen LogP contribution in [0.2, 0.25) is 0 Å². The Balaban J connectivity index is 1.69. The molecule has 2 aromatic carbocycles. The lowest BCUT2D eigenvalue weighted by Crippen LogP contribution is -2.39. The van der Waals surface area contributed by atoms with Gasteiger partial charge in [-0.1, -0.05) is 47.2 Å². The summed E-state index contributed by atoms with van der Waals surface area (Å²) in [6, 6.07) is 12.7. The highest BCUT2D eigenvalue weighted by atomic mass is 32.1. The molecule has 0 radical (unpaired) electrons. The highest BCUT2D eigenvalue weighted by molar-refractivity contribution is 7.07. The maximum Gasteiger partial charge on any atom is 0.338 e. The topological polar surface area (TPSA) is 79.1 Å². The largest absolute Gasteiger partial charge is 0.463 e. The first-order chi connectivity index (χ1) is 16.0. The molecule has 0 amide bonds. The minimum atomic E-state index is -0.611. The predicted octanol–water partition coefficient (Wildman–Crippen LogP) is 2.84. The number of ether oxygens (including phenoxy) is 3. The Labute approximate surface area is 193 Å². The number of aromatic nitrogens is 1. The molecular weight excluding hydrogens is 440 g/mol. The molecule has 0 aliphatic carbocycles. The highest BCUT2D eigenvalue weighted by Gasteiger charge is 2.33. The van der Waals surface area contributed by atoms with Crippen LogP contribution in [0.4, 0.5) is 0 Å². The summed E-state index contributed by atoms with van der Waals surface area (Å²) >= 11 is 1.29. The lowest BCUT2D eigenvalue weighted by atomic mass is 9.95. The van der Waals surface area contributed by atoms with E-state index in [2.05, 4.69) is 4.99 Å². The number of aryl methyl sites for hydroxylation is 1. The SMILES string of the molecule is CCOC(=O)C1=C(C)N=c2sc(=Cc3ccc4c(c3)OCO4)c(=O)n2[C@H]1c1ccc(C)cc1. The van der Waals surface area contributed by atoms with Crippen molar-refractivity contribution in [3.05, 3.63) is 90.1 Å². The summed E-state index contributed by atoms with van der Waals surface area (Å²) in [6.07, 6.45) is 1.81. The highest BCUT2D eigenvalue weighted by Crippen LogP contribution is 2.33. The summed E-state index contributed by atoms with van der Waals surface area (Å²) in [5.74, 6) is 0.867. The van der Waals surface area contributed by atoms with Crippen molar-refractivity contribution in [1.29, 1.82) is 0 Å². The monoisotopic (exact) mass is 462 g/mol. The molecule has 7 nitrogen and oxygen atoms in total. The molecule has 168 valence electrons. The van der Waals surface area contributed by atoms with Crippen LogP contribution in [0.15, 0.2) is 63.5 Å². The second-order valence-corrected chi connectivity index (χ2v) is 8.83. The van der Waals surface area contributed by atoms with Gasteiger partial charge in [-0.05, 0) is 50.1 Å². The molecule has 0 bridgehead atoms. The van der Waals surface area contributed by atoms with Crippen molar-refractivity contribution < 1.29 is 19.0 Å². The summed E-state index contributed by atoms with van der Waals surface area (Å²) in [5.41, 5.74) is 3.45. The van der Waals surface area contributed by atoms with Crippen molar-refractivity contribution in [2.24, 2.45) is 4.99 Å². The van der Waals surface area contributed by atoms with E-state index >= 15 is 0 Å². The third-order valence-electron chi connectivity index (χ3n) is 5.60. The fourth-order valence-electron chi connectivity index (χ4n) is 4.01. The summed E-state index contributed by atoms with van der Waals surface area (Å²) in [5, 5.41) is 0. The fraction of sp³-hybridized carbons (Fsp3) is 0.240. The quantitative estimate of drug-likeness (QED) is 0.557. The van der Waals surface area contributed by atoms with Gasteiger partial charge in [-0.2, -0.15) is 0 Å². The van der Waals surface area contributed by atoms with E-state index < -0.39 is 12.0 Å². The van der Waals surface area contributed by atoms with Gasteiger partial charge in [0.2, 0.25) is 6.79 Å². The maximum absolute atomic E-state index is 13.6. The van der Waals surface area contributed by atoms with E-state index in [1.807, 2.05) is 49.4 Å². The number of carbonyl (C=O) groups excluding carboxylic acids is 1. The number of thiazole rings is 1. The van der Waals surface area contributed by atoms with Gasteiger partial charge in [0.1, 0.15) is 0 Å². The molecular formula is C25H22N2O5S. The summed E-state index contributed by atoms with van der Waals surface area (Å²) < 4.78 is 18.3. The molecule has 0 fully saturated rings. The summed E-state index contributed by atoms with van der Waals surface area (Å²) in [6.45, 7) is 5.96. The van der Waals surface area contributed by atoms with Gasteiger partial charge in [-0.3, -0.25) is 9.36 Å². The van der Waals surface area contributed by atoms with Gasteiger partial charge in [0.05, 0.1) is 28.5 Å². The third kappa shape index (κ3) is 3.76. The minimum absolute atomic E-state index is 0.188. The molecule has 0 unspecified atom stereocenters. The number of fused-ring (bicyclic) bond motifs is 2. The first-order valence-electron chi connectivity index (χ1n) is 10.6. The Morgan fingerprint density at radius 3 is 2.70 bits per heavy atom. The van der Waals surface area contributed by atoms with Crippen LogP contribution in [0.5, 0.6) is 11.5 Å². The molecule has 5 rings (SSSR count). The second kappa shape index (κ2) is 8.37. The standard InChI is InChI=1S/C25H22N2O5S/c1-4-30-24(29)21-15(3)26-25-27(22(21)17-8-5-14(2)6-9-17)23(28)20(33-25)12-16-7-10-18-19(11-16)32-13-31-18/h5-12,22H,4,13H2,1-3H3/t22-/m0/s1. The Hall–Kier alpha value is -3.65. The van der Waals surface area contributed by atoms with E-state index in [9.17, 15) is 9.59 Å². The van der Waals surface area contributed by atoms with Crippen LogP contribution < -0.4 is 24.4 Å². The van der Waals surface area contributed by atoms with Crippen LogP contribution in [0.3, 0.4) is 0 Å². The zero-order valence-electron chi connectivity index (χ0n) is 18.5. The van der Waals surface area contributed by atoms with E-state index in [1.165, 1.54) is 11.3 Å². The zero-order chi connectivity index (χ0) is 23.1. The third-order valence-corrected chi connectivity index (χ3v) is 6.59. The predicted molar refractivity (Wildman–Crippen MR) is 124 cm³/mol. The molecule has 0 saturated heterocycles. The Morgan fingerprint density at radius 2 is 1.94 bits per heavy atom. The first-order valence-corrected chi connectivity index (χ1v) is 11.4. The van der Waals surface area contributed by atoms with E-state index in [0.29, 0.717) is 32.1 Å². The van der Waals surface area contributed by atoms with Crippen LogP contribution in [-0.4, -0.2) is 23.9 Å². The number of esters is 1. The summed E-state index contributed by atoms with van der Waals surface area (Å²) in [7, 11) is 0. The Bertz CT molecular complexity index is 1460. The second-order valence-electron chi connectivity index (χ2n) is 7.83. The lowest BCUT2D eigenvalue weighted by molar-refractivity contribution is -0.139. The zero-order valence-corrected chi connectivity index (χ0v) is 19.3. The van der Waals surface area contributed by atoms with Gasteiger partial charge in [0.15, 0.2) is 16.3 Å². The molecule has 3 heterocycles. The van der Waals surface area contributed by atoms with Crippen LogP contribution in [0.25, 0.3) is 6.08 Å². The van der Waals surface area contributed by atoms with E-state index in [4.69, 9.17) is 14.2 Å². The van der Waals surface area contributed by atoms with Crippen molar-refractivity contribution in [2.45, 2.75) is 26.8 Å². The van der Waals surface area contributed by atoms with Crippen molar-refractivity contribution in [2.75, 3.05) is 13.4 Å². The van der Waals surface area contributed by atoms with Crippen molar-refractivity contribution >= 4 is 23.4 Å². The number of rotatable bonds is 4. The molecule has 0 saturated carbocycles. The molecule has 2 aliphatic heterocycles. The maximum atomic E-state index is 13.6. The Kier molecular flexibility index (Phi) is 5.38. The Morgan fingerprint density at radius 1 is 1.18 bits per heavy atom. The van der Waals surface area contributed by atoms with Gasteiger partial charge < -0.3 is 14.2 Å². The van der Waals surface area contributed by atoms with Crippen LogP contribution in [-0.2, 0) is 9.53 Å².